The minimum atomic E-state index is -0.782. The third-order valence-electron chi connectivity index (χ3n) is 0.968. The van der Waals surface area contributed by atoms with Gasteiger partial charge in [0.25, 0.3) is 0 Å². The molecule has 0 aromatic carbocycles. The molecular formula is C8H16O8. The molecule has 0 saturated heterocycles. The van der Waals surface area contributed by atoms with Gasteiger partial charge in [0, 0.05) is 0 Å². The monoisotopic (exact) mass is 240 g/mol. The van der Waals surface area contributed by atoms with Crippen LogP contribution in [0.3, 0.4) is 0 Å². The lowest BCUT2D eigenvalue weighted by molar-refractivity contribution is -0.155. The maximum atomic E-state index is 10.3. The van der Waals surface area contributed by atoms with Gasteiger partial charge in [0.1, 0.15) is 26.4 Å². The predicted molar refractivity (Wildman–Crippen MR) is 50.3 cm³/mol. The second-order valence-corrected chi connectivity index (χ2v) is 2.20. The Kier molecular flexibility index (Phi) is 14.8. The lowest BCUT2D eigenvalue weighted by atomic mass is 10.7. The van der Waals surface area contributed by atoms with E-state index in [1.807, 2.05) is 0 Å². The van der Waals surface area contributed by atoms with Crippen LogP contribution >= 0.6 is 0 Å². The van der Waals surface area contributed by atoms with Crippen LogP contribution in [-0.2, 0) is 19.1 Å². The first-order chi connectivity index (χ1) is 7.62. The van der Waals surface area contributed by atoms with E-state index in [-0.39, 0.29) is 26.4 Å². The summed E-state index contributed by atoms with van der Waals surface area (Å²) in [6, 6.07) is 0. The zero-order chi connectivity index (χ0) is 12.8. The van der Waals surface area contributed by atoms with Gasteiger partial charge < -0.3 is 29.9 Å². The molecule has 0 atom stereocenters. The van der Waals surface area contributed by atoms with Gasteiger partial charge in [0.15, 0.2) is 0 Å². The standard InChI is InChI=1S/C6H10O6.C2H6O2/c7-3-5(9)11-1-2-12-6(10)4-8;3-1-2-4/h7-8H,1-4H2;3-4H,1-2H2. The molecule has 0 aromatic rings. The Bertz CT molecular complexity index is 161. The lowest BCUT2D eigenvalue weighted by Gasteiger charge is -2.03. The molecule has 0 unspecified atom stereocenters. The van der Waals surface area contributed by atoms with Crippen molar-refractivity contribution in [3.63, 3.8) is 0 Å². The first-order valence-corrected chi connectivity index (χ1v) is 4.37. The van der Waals surface area contributed by atoms with Gasteiger partial charge in [-0.3, -0.25) is 0 Å². The molecule has 0 rings (SSSR count). The molecule has 96 valence electrons. The van der Waals surface area contributed by atoms with Crippen molar-refractivity contribution in [3.05, 3.63) is 0 Å². The fourth-order valence-electron chi connectivity index (χ4n) is 0.402. The summed E-state index contributed by atoms with van der Waals surface area (Å²) in [5.41, 5.74) is 0. The zero-order valence-electron chi connectivity index (χ0n) is 8.66. The molecule has 0 amide bonds. The molecule has 0 aliphatic carbocycles. The van der Waals surface area contributed by atoms with Crippen LogP contribution in [0.2, 0.25) is 0 Å². The van der Waals surface area contributed by atoms with Crippen LogP contribution < -0.4 is 0 Å². The third-order valence-corrected chi connectivity index (χ3v) is 0.968. The Morgan fingerprint density at radius 3 is 1.25 bits per heavy atom. The van der Waals surface area contributed by atoms with Crippen LogP contribution in [-0.4, -0.2) is 72.0 Å². The van der Waals surface area contributed by atoms with Gasteiger partial charge in [-0.2, -0.15) is 0 Å². The summed E-state index contributed by atoms with van der Waals surface area (Å²) in [6.07, 6.45) is 0. The van der Waals surface area contributed by atoms with Crippen molar-refractivity contribution in [1.29, 1.82) is 0 Å². The van der Waals surface area contributed by atoms with Crippen LogP contribution in [0.1, 0.15) is 0 Å². The Morgan fingerprint density at radius 2 is 1.06 bits per heavy atom. The fraction of sp³-hybridized carbons (Fsp3) is 0.750. The highest BCUT2D eigenvalue weighted by Crippen LogP contribution is 1.80. The molecule has 0 bridgehead atoms. The number of hydrogen-bond donors (Lipinski definition) is 4. The Morgan fingerprint density at radius 1 is 0.750 bits per heavy atom. The van der Waals surface area contributed by atoms with E-state index < -0.39 is 25.2 Å². The summed E-state index contributed by atoms with van der Waals surface area (Å²) in [6.45, 7) is -1.89. The van der Waals surface area contributed by atoms with E-state index in [4.69, 9.17) is 20.4 Å². The number of hydrogen-bond acceptors (Lipinski definition) is 8. The molecule has 0 saturated carbocycles. The average Bonchev–Trinajstić information content (AvgIpc) is 2.34. The van der Waals surface area contributed by atoms with Crippen molar-refractivity contribution in [1.82, 2.24) is 0 Å². The molecule has 0 spiro atoms. The molecule has 8 heteroatoms. The van der Waals surface area contributed by atoms with Crippen LogP contribution in [0.15, 0.2) is 0 Å². The minimum Gasteiger partial charge on any atom is -0.460 e. The number of aliphatic hydroxyl groups excluding tert-OH is 4. The highest BCUT2D eigenvalue weighted by molar-refractivity contribution is 5.71. The van der Waals surface area contributed by atoms with E-state index in [1.165, 1.54) is 0 Å². The van der Waals surface area contributed by atoms with Gasteiger partial charge in [-0.05, 0) is 0 Å². The zero-order valence-corrected chi connectivity index (χ0v) is 8.66. The van der Waals surface area contributed by atoms with Crippen LogP contribution in [0.25, 0.3) is 0 Å². The van der Waals surface area contributed by atoms with E-state index in [2.05, 4.69) is 9.47 Å². The number of ether oxygens (including phenoxy) is 2. The van der Waals surface area contributed by atoms with E-state index >= 15 is 0 Å². The second kappa shape index (κ2) is 13.8. The van der Waals surface area contributed by atoms with Crippen LogP contribution in [0, 0.1) is 0 Å². The smallest absolute Gasteiger partial charge is 0.331 e. The highest BCUT2D eigenvalue weighted by Gasteiger charge is 2.01. The quantitative estimate of drug-likeness (QED) is 0.285. The third kappa shape index (κ3) is 15.3. The summed E-state index contributed by atoms with van der Waals surface area (Å²) in [7, 11) is 0. The van der Waals surface area contributed by atoms with Crippen molar-refractivity contribution in [3.8, 4) is 0 Å². The molecule has 16 heavy (non-hydrogen) atoms. The Balaban J connectivity index is 0. The van der Waals surface area contributed by atoms with Gasteiger partial charge >= 0.3 is 11.9 Å². The van der Waals surface area contributed by atoms with Gasteiger partial charge in [0.2, 0.25) is 0 Å². The summed E-state index contributed by atoms with van der Waals surface area (Å²) >= 11 is 0. The normalized spacial score (nSPS) is 8.75. The van der Waals surface area contributed by atoms with Crippen LogP contribution in [0.4, 0.5) is 0 Å². The molecule has 0 aliphatic rings. The topological polar surface area (TPSA) is 134 Å². The number of esters is 2. The van der Waals surface area contributed by atoms with Crippen LogP contribution in [0.5, 0.6) is 0 Å². The van der Waals surface area contributed by atoms with E-state index in [9.17, 15) is 9.59 Å². The Hall–Kier alpha value is -1.22. The minimum absolute atomic E-state index is 0.120. The van der Waals surface area contributed by atoms with E-state index in [0.717, 1.165) is 0 Å². The second-order valence-electron chi connectivity index (χ2n) is 2.20. The summed E-state index contributed by atoms with van der Waals surface area (Å²) in [5, 5.41) is 31.6. The molecule has 0 aliphatic heterocycles. The average molecular weight is 240 g/mol. The molecule has 0 fully saturated rings. The summed E-state index contributed by atoms with van der Waals surface area (Å²) in [5.74, 6) is -1.56. The number of rotatable bonds is 6. The predicted octanol–water partition coefficient (Wildman–Crippen LogP) is -2.97. The maximum absolute atomic E-state index is 10.3. The van der Waals surface area contributed by atoms with Crippen molar-refractivity contribution < 1.29 is 39.5 Å². The number of carbonyl (C=O) groups is 2. The van der Waals surface area contributed by atoms with Gasteiger partial charge in [-0.25, -0.2) is 9.59 Å². The molecule has 8 nitrogen and oxygen atoms in total. The summed E-state index contributed by atoms with van der Waals surface area (Å²) < 4.78 is 8.68. The first-order valence-electron chi connectivity index (χ1n) is 4.37. The van der Waals surface area contributed by atoms with Crippen molar-refractivity contribution in [2.45, 2.75) is 0 Å². The molecule has 0 heterocycles. The van der Waals surface area contributed by atoms with E-state index in [0.29, 0.717) is 0 Å². The largest absolute Gasteiger partial charge is 0.460 e. The highest BCUT2D eigenvalue weighted by atomic mass is 16.6. The maximum Gasteiger partial charge on any atom is 0.331 e. The SMILES string of the molecule is O=C(CO)OCCOC(=O)CO.OCCO. The molecule has 0 aromatic heterocycles. The lowest BCUT2D eigenvalue weighted by Crippen LogP contribution is -2.17. The van der Waals surface area contributed by atoms with Crippen molar-refractivity contribution in [2.24, 2.45) is 0 Å². The van der Waals surface area contributed by atoms with E-state index in [1.54, 1.807) is 0 Å². The molecular weight excluding hydrogens is 224 g/mol. The molecule has 0 radical (unpaired) electrons. The Labute approximate surface area is 92.0 Å². The first kappa shape index (κ1) is 17.2. The van der Waals surface area contributed by atoms with Gasteiger partial charge in [-0.1, -0.05) is 0 Å². The number of carbonyl (C=O) groups excluding carboxylic acids is 2. The van der Waals surface area contributed by atoms with Crippen molar-refractivity contribution in [2.75, 3.05) is 39.6 Å². The van der Waals surface area contributed by atoms with Gasteiger partial charge in [0.05, 0.1) is 13.2 Å². The number of aliphatic hydroxyl groups is 4. The summed E-state index contributed by atoms with van der Waals surface area (Å²) in [4.78, 5) is 20.5. The van der Waals surface area contributed by atoms with Crippen molar-refractivity contribution >= 4 is 11.9 Å². The van der Waals surface area contributed by atoms with Gasteiger partial charge in [-0.15, -0.1) is 0 Å². The fourth-order valence-corrected chi connectivity index (χ4v) is 0.402. The molecule has 4 N–H and O–H groups in total.